The quantitative estimate of drug-likeness (QED) is 0.684. The molecule has 1 aromatic carbocycles. The minimum Gasteiger partial charge on any atom is -0.320 e. The van der Waals surface area contributed by atoms with Crippen molar-refractivity contribution < 1.29 is 8.42 Å². The van der Waals surface area contributed by atoms with Gasteiger partial charge in [0.05, 0.1) is 10.6 Å². The van der Waals surface area contributed by atoms with Gasteiger partial charge >= 0.3 is 0 Å². The fraction of sp³-hybridized carbons (Fsp3) is 0.308. The van der Waals surface area contributed by atoms with E-state index >= 15 is 0 Å². The van der Waals surface area contributed by atoms with Gasteiger partial charge in [-0.15, -0.1) is 11.3 Å². The molecule has 0 bridgehead atoms. The van der Waals surface area contributed by atoms with Crippen LogP contribution < -0.4 is 4.80 Å². The first kappa shape index (κ1) is 12.6. The van der Waals surface area contributed by atoms with Gasteiger partial charge in [-0.2, -0.15) is 0 Å². The van der Waals surface area contributed by atoms with Gasteiger partial charge in [0.2, 0.25) is 0 Å². The highest BCUT2D eigenvalue weighted by atomic mass is 32.2. The molecule has 6 heteroatoms. The van der Waals surface area contributed by atoms with Gasteiger partial charge in [-0.05, 0) is 17.7 Å². The van der Waals surface area contributed by atoms with Gasteiger partial charge in [-0.3, -0.25) is 4.99 Å². The predicted molar refractivity (Wildman–Crippen MR) is 76.1 cm³/mol. The van der Waals surface area contributed by atoms with Gasteiger partial charge in [-0.25, -0.2) is 8.42 Å². The Morgan fingerprint density at radius 1 is 1.37 bits per heavy atom. The molecule has 4 nitrogen and oxygen atoms in total. The summed E-state index contributed by atoms with van der Waals surface area (Å²) in [6.07, 6.45) is 2.10. The largest absolute Gasteiger partial charge is 0.320 e. The van der Waals surface area contributed by atoms with E-state index in [0.717, 1.165) is 22.5 Å². The number of thiazole rings is 1. The maximum absolute atomic E-state index is 11.7. The van der Waals surface area contributed by atoms with Crippen LogP contribution in [-0.2, 0) is 23.3 Å². The number of hydrogen-bond acceptors (Lipinski definition) is 4. The van der Waals surface area contributed by atoms with E-state index in [2.05, 4.69) is 4.99 Å². The molecule has 0 saturated heterocycles. The Morgan fingerprint density at radius 2 is 2.11 bits per heavy atom. The Hall–Kier alpha value is -1.40. The standard InChI is InChI=1S/C13H14N2O2S2/c1-14-13-15(2)12-10-7-9(19(3,16)17)5-4-8(10)6-11(12)18-13/h4-5,7H,6H2,1-3H3. The molecule has 19 heavy (non-hydrogen) atoms. The Kier molecular flexibility index (Phi) is 2.69. The molecular weight excluding hydrogens is 280 g/mol. The zero-order valence-electron chi connectivity index (χ0n) is 11.0. The molecule has 2 aromatic rings. The number of sulfone groups is 1. The molecule has 0 N–H and O–H groups in total. The fourth-order valence-electron chi connectivity index (χ4n) is 2.49. The van der Waals surface area contributed by atoms with Crippen LogP contribution in [0.2, 0.25) is 0 Å². The van der Waals surface area contributed by atoms with Crippen molar-refractivity contribution in [2.24, 2.45) is 12.0 Å². The first-order valence-electron chi connectivity index (χ1n) is 5.86. The summed E-state index contributed by atoms with van der Waals surface area (Å²) < 4.78 is 25.4. The molecule has 0 radical (unpaired) electrons. The number of nitrogens with zero attached hydrogens (tertiary/aromatic N) is 2. The van der Waals surface area contributed by atoms with Crippen molar-refractivity contribution in [3.8, 4) is 11.3 Å². The van der Waals surface area contributed by atoms with Gasteiger partial charge in [0, 0.05) is 37.2 Å². The Morgan fingerprint density at radius 3 is 2.74 bits per heavy atom. The summed E-state index contributed by atoms with van der Waals surface area (Å²) in [6, 6.07) is 5.39. The molecule has 0 fully saturated rings. The second-order valence-electron chi connectivity index (χ2n) is 4.71. The molecule has 1 aromatic heterocycles. The summed E-state index contributed by atoms with van der Waals surface area (Å²) >= 11 is 1.67. The lowest BCUT2D eigenvalue weighted by atomic mass is 10.1. The highest BCUT2D eigenvalue weighted by molar-refractivity contribution is 7.90. The lowest BCUT2D eigenvalue weighted by Gasteiger charge is -2.05. The number of rotatable bonds is 1. The summed E-state index contributed by atoms with van der Waals surface area (Å²) in [5, 5.41) is 0. The molecular formula is C13H14N2O2S2. The number of benzene rings is 1. The van der Waals surface area contributed by atoms with Gasteiger partial charge < -0.3 is 4.57 Å². The first-order valence-corrected chi connectivity index (χ1v) is 8.57. The number of aromatic nitrogens is 1. The van der Waals surface area contributed by atoms with E-state index in [9.17, 15) is 8.42 Å². The van der Waals surface area contributed by atoms with Crippen molar-refractivity contribution in [2.75, 3.05) is 13.3 Å². The second-order valence-corrected chi connectivity index (χ2v) is 7.78. The van der Waals surface area contributed by atoms with E-state index in [4.69, 9.17) is 0 Å². The third-order valence-electron chi connectivity index (χ3n) is 3.41. The normalized spacial score (nSPS) is 14.6. The van der Waals surface area contributed by atoms with Crippen molar-refractivity contribution in [3.63, 3.8) is 0 Å². The zero-order valence-corrected chi connectivity index (χ0v) is 12.6. The van der Waals surface area contributed by atoms with Crippen molar-refractivity contribution >= 4 is 21.2 Å². The van der Waals surface area contributed by atoms with Crippen LogP contribution in [0.15, 0.2) is 28.1 Å². The summed E-state index contributed by atoms with van der Waals surface area (Å²) in [7, 11) is 0.577. The third kappa shape index (κ3) is 1.86. The molecule has 1 aliphatic rings. The predicted octanol–water partition coefficient (Wildman–Crippen LogP) is 1.59. The Labute approximate surface area is 116 Å². The molecule has 3 rings (SSSR count). The maximum Gasteiger partial charge on any atom is 0.184 e. The van der Waals surface area contributed by atoms with Gasteiger partial charge in [0.15, 0.2) is 14.6 Å². The summed E-state index contributed by atoms with van der Waals surface area (Å²) in [5.41, 5.74) is 3.31. The van der Waals surface area contributed by atoms with Gasteiger partial charge in [-0.1, -0.05) is 6.07 Å². The van der Waals surface area contributed by atoms with Crippen molar-refractivity contribution in [3.05, 3.63) is 33.4 Å². The van der Waals surface area contributed by atoms with Crippen LogP contribution in [0.3, 0.4) is 0 Å². The first-order chi connectivity index (χ1) is 8.91. The van der Waals surface area contributed by atoms with E-state index in [0.29, 0.717) is 4.90 Å². The summed E-state index contributed by atoms with van der Waals surface area (Å²) in [5.74, 6) is 0. The average Bonchev–Trinajstić information content (AvgIpc) is 2.84. The Balaban J connectivity index is 2.30. The van der Waals surface area contributed by atoms with Gasteiger partial charge in [0.25, 0.3) is 0 Å². The van der Waals surface area contributed by atoms with E-state index in [1.807, 2.05) is 17.7 Å². The highest BCUT2D eigenvalue weighted by Crippen LogP contribution is 2.38. The van der Waals surface area contributed by atoms with Crippen molar-refractivity contribution in [1.82, 2.24) is 4.57 Å². The van der Waals surface area contributed by atoms with E-state index in [1.54, 1.807) is 30.5 Å². The smallest absolute Gasteiger partial charge is 0.184 e. The van der Waals surface area contributed by atoms with E-state index in [-0.39, 0.29) is 0 Å². The van der Waals surface area contributed by atoms with Crippen LogP contribution in [0.4, 0.5) is 0 Å². The summed E-state index contributed by atoms with van der Waals surface area (Å²) in [4.78, 5) is 6.83. The molecule has 0 atom stereocenters. The van der Waals surface area contributed by atoms with Crippen LogP contribution in [0, 0.1) is 0 Å². The molecule has 0 spiro atoms. The number of fused-ring (bicyclic) bond motifs is 3. The average molecular weight is 294 g/mol. The summed E-state index contributed by atoms with van der Waals surface area (Å²) in [6.45, 7) is 0. The molecule has 0 amide bonds. The molecule has 1 aliphatic carbocycles. The molecule has 0 aliphatic heterocycles. The third-order valence-corrected chi connectivity index (χ3v) is 5.74. The molecule has 0 unspecified atom stereocenters. The molecule has 1 heterocycles. The SMILES string of the molecule is CN=c1sc2c(n1C)-c1cc(S(C)(=O)=O)ccc1C2. The lowest BCUT2D eigenvalue weighted by molar-refractivity contribution is 0.602. The van der Waals surface area contributed by atoms with Crippen LogP contribution in [0.5, 0.6) is 0 Å². The monoisotopic (exact) mass is 294 g/mol. The molecule has 0 saturated carbocycles. The maximum atomic E-state index is 11.7. The van der Waals surface area contributed by atoms with Crippen molar-refractivity contribution in [1.29, 1.82) is 0 Å². The fourth-order valence-corrected chi connectivity index (χ4v) is 4.25. The van der Waals surface area contributed by atoms with Gasteiger partial charge in [0.1, 0.15) is 0 Å². The highest BCUT2D eigenvalue weighted by Gasteiger charge is 2.24. The van der Waals surface area contributed by atoms with Crippen LogP contribution in [0.1, 0.15) is 10.4 Å². The number of hydrogen-bond donors (Lipinski definition) is 0. The van der Waals surface area contributed by atoms with Crippen molar-refractivity contribution in [2.45, 2.75) is 11.3 Å². The minimum absolute atomic E-state index is 0.375. The Bertz CT molecular complexity index is 842. The van der Waals surface area contributed by atoms with Crippen LogP contribution in [-0.4, -0.2) is 26.3 Å². The van der Waals surface area contributed by atoms with Crippen LogP contribution in [0.25, 0.3) is 11.3 Å². The topological polar surface area (TPSA) is 51.4 Å². The second kappa shape index (κ2) is 4.05. The minimum atomic E-state index is -3.17. The van der Waals surface area contributed by atoms with Crippen LogP contribution >= 0.6 is 11.3 Å². The molecule has 100 valence electrons. The van der Waals surface area contributed by atoms with E-state index < -0.39 is 9.84 Å². The van der Waals surface area contributed by atoms with E-state index in [1.165, 1.54) is 16.7 Å². The zero-order chi connectivity index (χ0) is 13.8. The lowest BCUT2D eigenvalue weighted by Crippen LogP contribution is -2.11.